The Morgan fingerprint density at radius 2 is 1.96 bits per heavy atom. The van der Waals surface area contributed by atoms with Gasteiger partial charge in [0.25, 0.3) is 0 Å². The molecule has 0 saturated heterocycles. The maximum absolute atomic E-state index is 12.8. The summed E-state index contributed by atoms with van der Waals surface area (Å²) in [7, 11) is 1.93. The van der Waals surface area contributed by atoms with Crippen molar-refractivity contribution in [2.45, 2.75) is 39.8 Å². The molecule has 6 nitrogen and oxygen atoms in total. The first kappa shape index (κ1) is 18.2. The number of nitrogens with zero attached hydrogens (tertiary/aromatic N) is 4. The van der Waals surface area contributed by atoms with E-state index >= 15 is 0 Å². The number of amides is 1. The van der Waals surface area contributed by atoms with Crippen molar-refractivity contribution in [3.05, 3.63) is 39.4 Å². The molecule has 4 rings (SSSR count). The van der Waals surface area contributed by atoms with Gasteiger partial charge in [-0.05, 0) is 61.4 Å². The number of benzene rings is 1. The van der Waals surface area contributed by atoms with E-state index in [2.05, 4.69) is 44.8 Å². The molecular weight excluding hydrogens is 455 g/mol. The molecule has 0 radical (unpaired) electrons. The Hall–Kier alpha value is -2.16. The molecule has 0 aliphatic carbocycles. The van der Waals surface area contributed by atoms with Crippen molar-refractivity contribution in [3.8, 4) is 11.1 Å². The number of aryl methyl sites for hydroxylation is 1. The van der Waals surface area contributed by atoms with Crippen molar-refractivity contribution in [2.24, 2.45) is 7.05 Å². The molecule has 0 fully saturated rings. The van der Waals surface area contributed by atoms with Crippen molar-refractivity contribution in [2.75, 3.05) is 4.90 Å². The van der Waals surface area contributed by atoms with E-state index in [0.29, 0.717) is 12.4 Å². The number of carbonyl (C=O) groups excluding carboxylic acids is 1. The molecule has 27 heavy (non-hydrogen) atoms. The molecule has 140 valence electrons. The second kappa shape index (κ2) is 6.19. The van der Waals surface area contributed by atoms with E-state index in [1.807, 2.05) is 45.6 Å². The third-order valence-corrected chi connectivity index (χ3v) is 5.66. The van der Waals surface area contributed by atoms with E-state index in [1.54, 1.807) is 11.1 Å². The van der Waals surface area contributed by atoms with Crippen LogP contribution in [0, 0.1) is 10.5 Å². The van der Waals surface area contributed by atoms with Crippen LogP contribution in [-0.4, -0.2) is 26.5 Å². The van der Waals surface area contributed by atoms with Gasteiger partial charge in [-0.25, -0.2) is 9.78 Å². The van der Waals surface area contributed by atoms with Gasteiger partial charge in [0, 0.05) is 38.8 Å². The number of halogens is 1. The average Bonchev–Trinajstić information content (AvgIpc) is 3.12. The third kappa shape index (κ3) is 2.97. The van der Waals surface area contributed by atoms with Crippen LogP contribution < -0.4 is 4.90 Å². The highest BCUT2D eigenvalue weighted by molar-refractivity contribution is 14.1. The Morgan fingerprint density at radius 3 is 2.59 bits per heavy atom. The fourth-order valence-corrected chi connectivity index (χ4v) is 4.03. The predicted octanol–water partition coefficient (Wildman–Crippen LogP) is 4.80. The molecule has 0 unspecified atom stereocenters. The monoisotopic (exact) mass is 476 g/mol. The summed E-state index contributed by atoms with van der Waals surface area (Å²) in [6.07, 6.45) is 3.31. The van der Waals surface area contributed by atoms with Crippen LogP contribution in [0.1, 0.15) is 32.0 Å². The van der Waals surface area contributed by atoms with E-state index in [4.69, 9.17) is 4.74 Å². The molecule has 2 aromatic heterocycles. The lowest BCUT2D eigenvalue weighted by molar-refractivity contribution is 0.0578. The van der Waals surface area contributed by atoms with Gasteiger partial charge in [0.05, 0.1) is 12.7 Å². The standard InChI is InChI=1S/C20H21IN4O2/c1-11-14(8-23-24(11)5)12-6-7-13-16(21)9-22-18-17(13)15(12)10-25(18)19(26)27-20(2,3)4/h6-9H,10H2,1-5H3. The number of hydrogen-bond acceptors (Lipinski definition) is 4. The van der Waals surface area contributed by atoms with E-state index in [-0.39, 0.29) is 6.09 Å². The van der Waals surface area contributed by atoms with Crippen LogP contribution in [0.2, 0.25) is 0 Å². The molecular formula is C20H21IN4O2. The first-order chi connectivity index (χ1) is 12.7. The molecule has 0 spiro atoms. The van der Waals surface area contributed by atoms with Gasteiger partial charge in [0.15, 0.2) is 0 Å². The van der Waals surface area contributed by atoms with Crippen molar-refractivity contribution in [3.63, 3.8) is 0 Å². The van der Waals surface area contributed by atoms with Gasteiger partial charge in [0.1, 0.15) is 11.4 Å². The predicted molar refractivity (Wildman–Crippen MR) is 114 cm³/mol. The molecule has 1 aliphatic heterocycles. The second-order valence-electron chi connectivity index (χ2n) is 7.78. The largest absolute Gasteiger partial charge is 0.443 e. The lowest BCUT2D eigenvalue weighted by Crippen LogP contribution is -2.35. The minimum absolute atomic E-state index is 0.373. The Kier molecular flexibility index (Phi) is 4.17. The highest BCUT2D eigenvalue weighted by atomic mass is 127. The molecule has 1 aromatic carbocycles. The minimum atomic E-state index is -0.559. The Labute approximate surface area is 171 Å². The van der Waals surface area contributed by atoms with Crippen LogP contribution in [-0.2, 0) is 18.3 Å². The number of hydrogen-bond donors (Lipinski definition) is 0. The summed E-state index contributed by atoms with van der Waals surface area (Å²) >= 11 is 2.29. The van der Waals surface area contributed by atoms with Crippen LogP contribution in [0.25, 0.3) is 21.9 Å². The van der Waals surface area contributed by atoms with Crippen LogP contribution >= 0.6 is 22.6 Å². The first-order valence-corrected chi connectivity index (χ1v) is 9.85. The van der Waals surface area contributed by atoms with Gasteiger partial charge in [0.2, 0.25) is 0 Å². The summed E-state index contributed by atoms with van der Waals surface area (Å²) < 4.78 is 8.54. The van der Waals surface area contributed by atoms with Crippen molar-refractivity contribution in [1.29, 1.82) is 0 Å². The van der Waals surface area contributed by atoms with Gasteiger partial charge in [-0.3, -0.25) is 9.58 Å². The molecule has 3 aromatic rings. The molecule has 0 bridgehead atoms. The summed E-state index contributed by atoms with van der Waals surface area (Å²) in [6, 6.07) is 4.22. The lowest BCUT2D eigenvalue weighted by atomic mass is 9.96. The summed E-state index contributed by atoms with van der Waals surface area (Å²) in [6.45, 7) is 8.10. The summed E-state index contributed by atoms with van der Waals surface area (Å²) in [5, 5.41) is 6.50. The first-order valence-electron chi connectivity index (χ1n) is 8.77. The van der Waals surface area contributed by atoms with Gasteiger partial charge < -0.3 is 4.74 Å². The highest BCUT2D eigenvalue weighted by Gasteiger charge is 2.33. The molecule has 1 amide bonds. The number of anilines is 1. The van der Waals surface area contributed by atoms with Gasteiger partial charge in [-0.2, -0.15) is 5.10 Å². The number of rotatable bonds is 1. The molecule has 0 N–H and O–H groups in total. The lowest BCUT2D eigenvalue weighted by Gasteiger charge is -2.24. The quantitative estimate of drug-likeness (QED) is 0.474. The van der Waals surface area contributed by atoms with Crippen LogP contribution in [0.4, 0.5) is 10.6 Å². The van der Waals surface area contributed by atoms with Crippen LogP contribution in [0.5, 0.6) is 0 Å². The van der Waals surface area contributed by atoms with E-state index in [0.717, 1.165) is 36.7 Å². The number of ether oxygens (including phenoxy) is 1. The van der Waals surface area contributed by atoms with Crippen molar-refractivity contribution < 1.29 is 9.53 Å². The van der Waals surface area contributed by atoms with Gasteiger partial charge >= 0.3 is 6.09 Å². The van der Waals surface area contributed by atoms with Gasteiger partial charge in [-0.15, -0.1) is 0 Å². The fraction of sp³-hybridized carbons (Fsp3) is 0.350. The van der Waals surface area contributed by atoms with Crippen LogP contribution in [0.3, 0.4) is 0 Å². The highest BCUT2D eigenvalue weighted by Crippen LogP contribution is 2.43. The van der Waals surface area contributed by atoms with Crippen molar-refractivity contribution in [1.82, 2.24) is 14.8 Å². The molecule has 1 aliphatic rings. The van der Waals surface area contributed by atoms with Crippen molar-refractivity contribution >= 4 is 45.3 Å². The maximum atomic E-state index is 12.8. The summed E-state index contributed by atoms with van der Waals surface area (Å²) in [5.74, 6) is 0.665. The molecule has 7 heteroatoms. The second-order valence-corrected chi connectivity index (χ2v) is 8.94. The smallest absolute Gasteiger partial charge is 0.416 e. The molecule has 3 heterocycles. The topological polar surface area (TPSA) is 60.3 Å². The van der Waals surface area contributed by atoms with Crippen LogP contribution in [0.15, 0.2) is 24.5 Å². The van der Waals surface area contributed by atoms with Gasteiger partial charge in [-0.1, -0.05) is 12.1 Å². The van der Waals surface area contributed by atoms with E-state index in [1.165, 1.54) is 0 Å². The summed E-state index contributed by atoms with van der Waals surface area (Å²) in [5.41, 5.74) is 3.78. The zero-order chi connectivity index (χ0) is 19.5. The number of carbonyl (C=O) groups is 1. The molecule has 0 saturated carbocycles. The fourth-order valence-electron chi connectivity index (χ4n) is 3.44. The summed E-state index contributed by atoms with van der Waals surface area (Å²) in [4.78, 5) is 19.0. The van der Waals surface area contributed by atoms with E-state index < -0.39 is 5.60 Å². The zero-order valence-electron chi connectivity index (χ0n) is 16.0. The number of pyridine rings is 1. The Balaban J connectivity index is 1.90. The van der Waals surface area contributed by atoms with E-state index in [9.17, 15) is 4.79 Å². The Bertz CT molecular complexity index is 1080. The average molecular weight is 476 g/mol. The minimum Gasteiger partial charge on any atom is -0.443 e. The SMILES string of the molecule is Cc1c(-c2ccc3c(I)cnc4c3c2CN4C(=O)OC(C)(C)C)cnn1C. The maximum Gasteiger partial charge on any atom is 0.416 e. The Morgan fingerprint density at radius 1 is 1.22 bits per heavy atom. The number of aromatic nitrogens is 3. The molecule has 0 atom stereocenters. The normalized spacial score (nSPS) is 13.5. The third-order valence-electron chi connectivity index (χ3n) is 4.81. The zero-order valence-corrected chi connectivity index (χ0v) is 18.2.